The van der Waals surface area contributed by atoms with Gasteiger partial charge in [-0.05, 0) is 50.6 Å². The summed E-state index contributed by atoms with van der Waals surface area (Å²) >= 11 is 0. The van der Waals surface area contributed by atoms with Crippen LogP contribution in [0.3, 0.4) is 0 Å². The van der Waals surface area contributed by atoms with Gasteiger partial charge in [0.2, 0.25) is 0 Å². The minimum Gasteiger partial charge on any atom is -0.332 e. The highest BCUT2D eigenvalue weighted by Crippen LogP contribution is 2.20. The Bertz CT molecular complexity index is 906. The molecule has 2 atom stereocenters. The van der Waals surface area contributed by atoms with Crippen molar-refractivity contribution in [3.8, 4) is 5.69 Å². The average molecular weight is 366 g/mol. The van der Waals surface area contributed by atoms with Gasteiger partial charge in [0.1, 0.15) is 5.82 Å². The minimum absolute atomic E-state index is 0.0959. The van der Waals surface area contributed by atoms with E-state index in [1.165, 1.54) is 12.1 Å². The van der Waals surface area contributed by atoms with Crippen LogP contribution >= 0.6 is 0 Å². The fourth-order valence-corrected chi connectivity index (χ4v) is 3.03. The summed E-state index contributed by atoms with van der Waals surface area (Å²) < 4.78 is 14.9. The number of hydrogen-bond donors (Lipinski definition) is 2. The van der Waals surface area contributed by atoms with Crippen LogP contribution in [0.4, 0.5) is 9.18 Å². The number of carbonyl (C=O) groups excluding carboxylic acids is 1. The second-order valence-corrected chi connectivity index (χ2v) is 6.55. The molecule has 5 nitrogen and oxygen atoms in total. The first-order chi connectivity index (χ1) is 13.0. The van der Waals surface area contributed by atoms with Crippen molar-refractivity contribution >= 4 is 6.03 Å². The Labute approximate surface area is 158 Å². The number of carbonyl (C=O) groups is 1. The van der Waals surface area contributed by atoms with E-state index >= 15 is 0 Å². The number of rotatable bonds is 5. The third-order valence-electron chi connectivity index (χ3n) is 4.58. The molecule has 2 amide bonds. The maximum atomic E-state index is 13.1. The molecular formula is C21H23FN4O. The molecule has 140 valence electrons. The molecule has 27 heavy (non-hydrogen) atoms. The molecule has 0 aliphatic heterocycles. The van der Waals surface area contributed by atoms with Crippen molar-refractivity contribution in [3.05, 3.63) is 83.4 Å². The molecule has 6 heteroatoms. The Hall–Kier alpha value is -3.15. The Morgan fingerprint density at radius 2 is 1.63 bits per heavy atom. The zero-order chi connectivity index (χ0) is 19.4. The molecule has 1 aromatic heterocycles. The molecule has 2 N–H and O–H groups in total. The molecule has 0 aliphatic carbocycles. The molecule has 3 aromatic rings. The van der Waals surface area contributed by atoms with Gasteiger partial charge in [-0.2, -0.15) is 5.10 Å². The van der Waals surface area contributed by atoms with E-state index in [0.29, 0.717) is 0 Å². The highest BCUT2D eigenvalue weighted by Gasteiger charge is 2.17. The van der Waals surface area contributed by atoms with E-state index < -0.39 is 0 Å². The maximum Gasteiger partial charge on any atom is 0.315 e. The lowest BCUT2D eigenvalue weighted by atomic mass is 10.1. The molecule has 0 saturated heterocycles. The number of hydrogen-bond acceptors (Lipinski definition) is 2. The molecule has 0 fully saturated rings. The van der Waals surface area contributed by atoms with Gasteiger partial charge in [-0.3, -0.25) is 0 Å². The standard InChI is InChI=1S/C21H23FN4O/c1-14(17-7-5-4-6-8-17)24-21(27)25-15(2)20-13-23-26(16(20)3)19-11-9-18(22)10-12-19/h4-15H,1-3H3,(H2,24,25,27)/t14-,15+/m1/s1. The number of urea groups is 1. The predicted molar refractivity (Wildman–Crippen MR) is 103 cm³/mol. The van der Waals surface area contributed by atoms with E-state index in [-0.39, 0.29) is 23.9 Å². The number of nitrogens with one attached hydrogen (secondary N) is 2. The van der Waals surface area contributed by atoms with Crippen molar-refractivity contribution in [2.24, 2.45) is 0 Å². The summed E-state index contributed by atoms with van der Waals surface area (Å²) in [5.74, 6) is -0.289. The number of halogens is 1. The SMILES string of the molecule is Cc1c([C@H](C)NC(=O)N[C@H](C)c2ccccc2)cnn1-c1ccc(F)cc1. The van der Waals surface area contributed by atoms with Crippen LogP contribution in [0.1, 0.15) is 42.8 Å². The van der Waals surface area contributed by atoms with E-state index in [2.05, 4.69) is 15.7 Å². The lowest BCUT2D eigenvalue weighted by Crippen LogP contribution is -2.38. The second kappa shape index (κ2) is 8.03. The van der Waals surface area contributed by atoms with Crippen molar-refractivity contribution in [3.63, 3.8) is 0 Å². The highest BCUT2D eigenvalue weighted by molar-refractivity contribution is 5.75. The first kappa shape index (κ1) is 18.6. The van der Waals surface area contributed by atoms with Crippen LogP contribution in [-0.2, 0) is 0 Å². The molecular weight excluding hydrogens is 343 g/mol. The fourth-order valence-electron chi connectivity index (χ4n) is 3.03. The Kier molecular flexibility index (Phi) is 5.54. The summed E-state index contributed by atoms with van der Waals surface area (Å²) in [6.45, 7) is 5.78. The van der Waals surface area contributed by atoms with E-state index in [1.54, 1.807) is 23.0 Å². The first-order valence-electron chi connectivity index (χ1n) is 8.88. The van der Waals surface area contributed by atoms with Gasteiger partial charge < -0.3 is 10.6 Å². The van der Waals surface area contributed by atoms with Gasteiger partial charge in [0.25, 0.3) is 0 Å². The van der Waals surface area contributed by atoms with Gasteiger partial charge in [-0.25, -0.2) is 13.9 Å². The van der Waals surface area contributed by atoms with Crippen molar-refractivity contribution in [2.75, 3.05) is 0 Å². The summed E-state index contributed by atoms with van der Waals surface area (Å²) in [7, 11) is 0. The summed E-state index contributed by atoms with van der Waals surface area (Å²) in [5, 5.41) is 10.3. The summed E-state index contributed by atoms with van der Waals surface area (Å²) in [6.07, 6.45) is 1.73. The maximum absolute atomic E-state index is 13.1. The molecule has 0 bridgehead atoms. The zero-order valence-electron chi connectivity index (χ0n) is 15.6. The molecule has 0 saturated carbocycles. The van der Waals surface area contributed by atoms with Crippen LogP contribution in [0.2, 0.25) is 0 Å². The molecule has 3 rings (SSSR count). The minimum atomic E-state index is -0.289. The molecule has 0 spiro atoms. The monoisotopic (exact) mass is 366 g/mol. The van der Waals surface area contributed by atoms with Crippen LogP contribution < -0.4 is 10.6 Å². The Balaban J connectivity index is 1.66. The normalized spacial score (nSPS) is 13.0. The zero-order valence-corrected chi connectivity index (χ0v) is 15.6. The molecule has 0 radical (unpaired) electrons. The van der Waals surface area contributed by atoms with Gasteiger partial charge in [0, 0.05) is 11.3 Å². The number of nitrogens with zero attached hydrogens (tertiary/aromatic N) is 2. The van der Waals surface area contributed by atoms with Crippen molar-refractivity contribution in [1.82, 2.24) is 20.4 Å². The van der Waals surface area contributed by atoms with Gasteiger partial charge in [-0.1, -0.05) is 30.3 Å². The lowest BCUT2D eigenvalue weighted by molar-refractivity contribution is 0.235. The number of benzene rings is 2. The molecule has 1 heterocycles. The van der Waals surface area contributed by atoms with E-state index in [0.717, 1.165) is 22.5 Å². The van der Waals surface area contributed by atoms with Gasteiger partial charge in [0.05, 0.1) is 24.0 Å². The number of amides is 2. The van der Waals surface area contributed by atoms with Gasteiger partial charge in [-0.15, -0.1) is 0 Å². The lowest BCUT2D eigenvalue weighted by Gasteiger charge is -2.18. The topological polar surface area (TPSA) is 59.0 Å². The fraction of sp³-hybridized carbons (Fsp3) is 0.238. The number of aromatic nitrogens is 2. The summed E-state index contributed by atoms with van der Waals surface area (Å²) in [6, 6.07) is 15.4. The first-order valence-corrected chi connectivity index (χ1v) is 8.88. The van der Waals surface area contributed by atoms with Crippen molar-refractivity contribution in [1.29, 1.82) is 0 Å². The third kappa shape index (κ3) is 4.34. The molecule has 0 aliphatic rings. The Morgan fingerprint density at radius 1 is 1.00 bits per heavy atom. The van der Waals surface area contributed by atoms with Gasteiger partial charge >= 0.3 is 6.03 Å². The van der Waals surface area contributed by atoms with Crippen molar-refractivity contribution < 1.29 is 9.18 Å². The quantitative estimate of drug-likeness (QED) is 0.701. The van der Waals surface area contributed by atoms with Crippen molar-refractivity contribution in [2.45, 2.75) is 32.9 Å². The predicted octanol–water partition coefficient (Wildman–Crippen LogP) is 4.44. The average Bonchev–Trinajstić information content (AvgIpc) is 3.04. The van der Waals surface area contributed by atoms with Crippen LogP contribution in [0, 0.1) is 12.7 Å². The molecule has 2 aromatic carbocycles. The largest absolute Gasteiger partial charge is 0.332 e. The summed E-state index contributed by atoms with van der Waals surface area (Å²) in [4.78, 5) is 12.3. The highest BCUT2D eigenvalue weighted by atomic mass is 19.1. The van der Waals surface area contributed by atoms with Crippen LogP contribution in [0.5, 0.6) is 0 Å². The van der Waals surface area contributed by atoms with E-state index in [1.807, 2.05) is 51.1 Å². The van der Waals surface area contributed by atoms with E-state index in [4.69, 9.17) is 0 Å². The second-order valence-electron chi connectivity index (χ2n) is 6.55. The summed E-state index contributed by atoms with van der Waals surface area (Å²) in [5.41, 5.74) is 3.61. The Morgan fingerprint density at radius 3 is 2.30 bits per heavy atom. The van der Waals surface area contributed by atoms with Crippen LogP contribution in [0.15, 0.2) is 60.8 Å². The van der Waals surface area contributed by atoms with Crippen LogP contribution in [-0.4, -0.2) is 15.8 Å². The van der Waals surface area contributed by atoms with Gasteiger partial charge in [0.15, 0.2) is 0 Å². The smallest absolute Gasteiger partial charge is 0.315 e. The van der Waals surface area contributed by atoms with E-state index in [9.17, 15) is 9.18 Å². The molecule has 0 unspecified atom stereocenters. The van der Waals surface area contributed by atoms with Crippen LogP contribution in [0.25, 0.3) is 5.69 Å². The third-order valence-corrected chi connectivity index (χ3v) is 4.58.